The average Bonchev–Trinajstić information content (AvgIpc) is 2.46. The van der Waals surface area contributed by atoms with Crippen molar-refractivity contribution in [3.8, 4) is 0 Å². The van der Waals surface area contributed by atoms with Gasteiger partial charge in [-0.2, -0.15) is 0 Å². The van der Waals surface area contributed by atoms with E-state index in [4.69, 9.17) is 33.8 Å². The number of benzene rings is 1. The molecule has 0 nitrogen and oxygen atoms in total. The Morgan fingerprint density at radius 1 is 1.10 bits per heavy atom. The number of hydrogen-bond acceptors (Lipinski definition) is 0. The summed E-state index contributed by atoms with van der Waals surface area (Å²) >= 11 is 19.4. The van der Waals surface area contributed by atoms with Crippen molar-refractivity contribution in [3.63, 3.8) is 0 Å². The lowest BCUT2D eigenvalue weighted by molar-refractivity contribution is 0.349. The van der Waals surface area contributed by atoms with Crippen LogP contribution in [0.5, 0.6) is 0 Å². The minimum atomic E-state index is -2.14. The Kier molecular flexibility index (Phi) is 6.93. The summed E-state index contributed by atoms with van der Waals surface area (Å²) in [7, 11) is 0. The van der Waals surface area contributed by atoms with E-state index in [1.807, 2.05) is 12.1 Å². The van der Waals surface area contributed by atoms with Gasteiger partial charge in [-0.3, -0.25) is 0 Å². The fourth-order valence-electron chi connectivity index (χ4n) is 3.35. The van der Waals surface area contributed by atoms with Crippen molar-refractivity contribution in [2.45, 2.75) is 63.5 Å². The highest BCUT2D eigenvalue weighted by Crippen LogP contribution is 2.38. The van der Waals surface area contributed by atoms with Crippen LogP contribution in [0.1, 0.15) is 56.9 Å². The minimum Gasteiger partial charge on any atom is -0.146 e. The second kappa shape index (κ2) is 8.24. The molecular formula is C17H25Cl3Si. The van der Waals surface area contributed by atoms with Crippen molar-refractivity contribution >= 4 is 40.5 Å². The van der Waals surface area contributed by atoms with Crippen molar-refractivity contribution in [3.05, 3.63) is 34.9 Å². The third kappa shape index (κ3) is 6.13. The lowest BCUT2D eigenvalue weighted by atomic mass is 9.88. The second-order valence-electron chi connectivity index (χ2n) is 6.56. The fourth-order valence-corrected chi connectivity index (χ4v) is 7.69. The van der Waals surface area contributed by atoms with Crippen LogP contribution < -0.4 is 0 Å². The van der Waals surface area contributed by atoms with E-state index in [9.17, 15) is 0 Å². The van der Waals surface area contributed by atoms with Gasteiger partial charge in [0.05, 0.1) is 0 Å². The summed E-state index contributed by atoms with van der Waals surface area (Å²) in [6.45, 7) is 0.0833. The zero-order valence-electron chi connectivity index (χ0n) is 12.8. The molecule has 1 aromatic carbocycles. The molecule has 1 aliphatic carbocycles. The predicted octanol–water partition coefficient (Wildman–Crippen LogP) is 7.33. The lowest BCUT2D eigenvalue weighted by Gasteiger charge is -2.26. The zero-order valence-corrected chi connectivity index (χ0v) is 16.0. The molecule has 0 aromatic heterocycles. The molecule has 4 heteroatoms. The summed E-state index contributed by atoms with van der Waals surface area (Å²) in [5, 5.41) is 0.781. The molecule has 2 rings (SSSR count). The molecule has 0 aliphatic heterocycles. The van der Waals surface area contributed by atoms with Crippen LogP contribution in [-0.4, -0.2) is 6.69 Å². The molecule has 0 N–H and O–H groups in total. The molecule has 1 aliphatic rings. The lowest BCUT2D eigenvalue weighted by Crippen LogP contribution is -2.23. The van der Waals surface area contributed by atoms with Crippen LogP contribution in [0.4, 0.5) is 0 Å². The SMILES string of the molecule is CC(C[Si](Cl)(Cl)CCC1CCCCC1)c1ccc(Cl)cc1. The normalized spacial score (nSPS) is 18.7. The molecule has 1 atom stereocenters. The molecule has 1 aromatic rings. The van der Waals surface area contributed by atoms with Gasteiger partial charge in [-0.05, 0) is 41.6 Å². The smallest absolute Gasteiger partial charge is 0.146 e. The molecule has 1 unspecified atom stereocenters. The molecule has 0 spiro atoms. The third-order valence-corrected chi connectivity index (χ3v) is 9.23. The number of rotatable bonds is 6. The van der Waals surface area contributed by atoms with E-state index in [-0.39, 0.29) is 0 Å². The topological polar surface area (TPSA) is 0 Å². The monoisotopic (exact) mass is 362 g/mol. The van der Waals surface area contributed by atoms with E-state index >= 15 is 0 Å². The first kappa shape index (κ1) is 17.7. The van der Waals surface area contributed by atoms with Crippen LogP contribution in [0, 0.1) is 5.92 Å². The van der Waals surface area contributed by atoms with Gasteiger partial charge in [0, 0.05) is 5.02 Å². The van der Waals surface area contributed by atoms with Crippen LogP contribution in [-0.2, 0) is 0 Å². The van der Waals surface area contributed by atoms with Gasteiger partial charge in [-0.25, -0.2) is 0 Å². The van der Waals surface area contributed by atoms with Crippen molar-refractivity contribution in [1.82, 2.24) is 0 Å². The Morgan fingerprint density at radius 3 is 2.33 bits per heavy atom. The maximum atomic E-state index is 6.71. The van der Waals surface area contributed by atoms with Gasteiger partial charge < -0.3 is 0 Å². The molecule has 0 amide bonds. The van der Waals surface area contributed by atoms with Gasteiger partial charge in [0.25, 0.3) is 6.69 Å². The summed E-state index contributed by atoms with van der Waals surface area (Å²) < 4.78 is 0. The summed E-state index contributed by atoms with van der Waals surface area (Å²) in [5.74, 6) is 1.28. The van der Waals surface area contributed by atoms with E-state index in [0.717, 1.165) is 23.0 Å². The Balaban J connectivity index is 1.82. The number of halogens is 3. The fraction of sp³-hybridized carbons (Fsp3) is 0.647. The van der Waals surface area contributed by atoms with Crippen molar-refractivity contribution in [2.24, 2.45) is 5.92 Å². The van der Waals surface area contributed by atoms with Crippen LogP contribution in [0.15, 0.2) is 24.3 Å². The molecule has 118 valence electrons. The Labute approximate surface area is 144 Å². The Bertz CT molecular complexity index is 424. The van der Waals surface area contributed by atoms with Crippen LogP contribution in [0.2, 0.25) is 17.1 Å². The van der Waals surface area contributed by atoms with Gasteiger partial charge >= 0.3 is 0 Å². The molecule has 0 radical (unpaired) electrons. The van der Waals surface area contributed by atoms with Crippen molar-refractivity contribution < 1.29 is 0 Å². The largest absolute Gasteiger partial charge is 0.251 e. The minimum absolute atomic E-state index is 0.412. The van der Waals surface area contributed by atoms with Crippen molar-refractivity contribution in [1.29, 1.82) is 0 Å². The van der Waals surface area contributed by atoms with Gasteiger partial charge in [-0.1, -0.05) is 69.2 Å². The highest BCUT2D eigenvalue weighted by molar-refractivity contribution is 7.45. The van der Waals surface area contributed by atoms with E-state index in [1.165, 1.54) is 44.1 Å². The van der Waals surface area contributed by atoms with Gasteiger partial charge in [0.1, 0.15) is 0 Å². The third-order valence-electron chi connectivity index (χ3n) is 4.69. The van der Waals surface area contributed by atoms with Gasteiger partial charge in [0.15, 0.2) is 0 Å². The van der Waals surface area contributed by atoms with Crippen LogP contribution >= 0.6 is 33.8 Å². The van der Waals surface area contributed by atoms with Gasteiger partial charge in [-0.15, -0.1) is 22.2 Å². The molecule has 1 fully saturated rings. The highest BCUT2D eigenvalue weighted by Gasteiger charge is 2.32. The van der Waals surface area contributed by atoms with E-state index in [2.05, 4.69) is 19.1 Å². The maximum Gasteiger partial charge on any atom is 0.251 e. The number of hydrogen-bond donors (Lipinski definition) is 0. The molecular weight excluding hydrogens is 339 g/mol. The summed E-state index contributed by atoms with van der Waals surface area (Å²) in [6.07, 6.45) is 8.19. The molecule has 0 heterocycles. The highest BCUT2D eigenvalue weighted by atomic mass is 35.7. The average molecular weight is 364 g/mol. The molecule has 0 bridgehead atoms. The maximum absolute atomic E-state index is 6.71. The van der Waals surface area contributed by atoms with Crippen molar-refractivity contribution in [2.75, 3.05) is 0 Å². The molecule has 21 heavy (non-hydrogen) atoms. The van der Waals surface area contributed by atoms with E-state index in [0.29, 0.717) is 5.92 Å². The molecule has 0 saturated heterocycles. The Hall–Kier alpha value is 0.307. The van der Waals surface area contributed by atoms with E-state index in [1.54, 1.807) is 0 Å². The standard InChI is InChI=1S/C17H25Cl3Si/c1-14(16-7-9-17(18)10-8-16)13-21(19,20)12-11-15-5-3-2-4-6-15/h7-10,14-15H,2-6,11-13H2,1H3. The van der Waals surface area contributed by atoms with Crippen LogP contribution in [0.3, 0.4) is 0 Å². The van der Waals surface area contributed by atoms with Gasteiger partial charge in [0.2, 0.25) is 0 Å². The zero-order chi connectivity index (χ0) is 15.3. The quantitative estimate of drug-likeness (QED) is 0.366. The van der Waals surface area contributed by atoms with E-state index < -0.39 is 6.69 Å². The molecule has 1 saturated carbocycles. The Morgan fingerprint density at radius 2 is 1.71 bits per heavy atom. The predicted molar refractivity (Wildman–Crippen MR) is 98.1 cm³/mol. The second-order valence-corrected chi connectivity index (χ2v) is 14.5. The first-order valence-corrected chi connectivity index (χ1v) is 12.9. The summed E-state index contributed by atoms with van der Waals surface area (Å²) in [6, 6.07) is 10.0. The summed E-state index contributed by atoms with van der Waals surface area (Å²) in [4.78, 5) is 0. The first-order valence-electron chi connectivity index (χ1n) is 8.09. The summed E-state index contributed by atoms with van der Waals surface area (Å²) in [5.41, 5.74) is 1.29. The van der Waals surface area contributed by atoms with Crippen LogP contribution in [0.25, 0.3) is 0 Å². The first-order chi connectivity index (χ1) is 9.96.